The first kappa shape index (κ1) is 15.7. The smallest absolute Gasteiger partial charge is 0.240 e. The molecule has 2 aromatic carbocycles. The minimum Gasteiger partial charge on any atom is -0.476 e. The number of pyridine rings is 1. The molecule has 0 amide bonds. The molecule has 0 fully saturated rings. The number of hydrogen-bond acceptors (Lipinski definition) is 4. The van der Waals surface area contributed by atoms with Gasteiger partial charge in [-0.25, -0.2) is 4.98 Å². The summed E-state index contributed by atoms with van der Waals surface area (Å²) in [6.45, 7) is 2.02. The van der Waals surface area contributed by atoms with E-state index in [4.69, 9.17) is 20.8 Å². The number of aromatic nitrogens is 2. The average Bonchev–Trinajstić information content (AvgIpc) is 3.14. The Kier molecular flexibility index (Phi) is 4.12. The zero-order chi connectivity index (χ0) is 17.2. The molecule has 0 saturated carbocycles. The molecule has 0 saturated heterocycles. The predicted octanol–water partition coefficient (Wildman–Crippen LogP) is 5.35. The lowest BCUT2D eigenvalue weighted by atomic mass is 10.1. The van der Waals surface area contributed by atoms with E-state index in [9.17, 15) is 0 Å². The SMILES string of the molecule is Cc1cnc2ccc(OC(c3ccc(Cl)cc3)c3ncco3)cc2c1. The van der Waals surface area contributed by atoms with Gasteiger partial charge in [0.2, 0.25) is 5.89 Å². The van der Waals surface area contributed by atoms with Crippen LogP contribution in [0, 0.1) is 6.92 Å². The van der Waals surface area contributed by atoms with Crippen LogP contribution in [0.25, 0.3) is 10.9 Å². The van der Waals surface area contributed by atoms with Crippen molar-refractivity contribution in [3.8, 4) is 5.75 Å². The van der Waals surface area contributed by atoms with E-state index in [1.165, 1.54) is 6.26 Å². The summed E-state index contributed by atoms with van der Waals surface area (Å²) < 4.78 is 11.7. The molecule has 0 spiro atoms. The second-order valence-electron chi connectivity index (χ2n) is 5.79. The highest BCUT2D eigenvalue weighted by Gasteiger charge is 2.21. The Labute approximate surface area is 150 Å². The van der Waals surface area contributed by atoms with Crippen molar-refractivity contribution in [2.75, 3.05) is 0 Å². The Hall–Kier alpha value is -2.85. The van der Waals surface area contributed by atoms with Gasteiger partial charge in [0.1, 0.15) is 12.0 Å². The maximum Gasteiger partial charge on any atom is 0.240 e. The minimum atomic E-state index is -0.456. The third-order valence-electron chi connectivity index (χ3n) is 3.89. The standard InChI is InChI=1S/C20H15ClN2O2/c1-13-10-15-11-17(6-7-18(15)23-12-13)25-19(20-22-8-9-24-20)14-2-4-16(21)5-3-14/h2-12,19H,1H3. The van der Waals surface area contributed by atoms with Crippen molar-refractivity contribution in [2.45, 2.75) is 13.0 Å². The Morgan fingerprint density at radius 3 is 2.64 bits per heavy atom. The highest BCUT2D eigenvalue weighted by atomic mass is 35.5. The first-order valence-corrected chi connectivity index (χ1v) is 8.25. The summed E-state index contributed by atoms with van der Waals surface area (Å²) in [5.41, 5.74) is 2.94. The number of halogens is 1. The molecule has 0 N–H and O–H groups in total. The number of aryl methyl sites for hydroxylation is 1. The molecule has 1 unspecified atom stereocenters. The summed E-state index contributed by atoms with van der Waals surface area (Å²) in [5.74, 6) is 1.21. The van der Waals surface area contributed by atoms with Crippen molar-refractivity contribution < 1.29 is 9.15 Å². The molecule has 4 aromatic rings. The Morgan fingerprint density at radius 1 is 1.04 bits per heavy atom. The van der Waals surface area contributed by atoms with Gasteiger partial charge in [0, 0.05) is 22.2 Å². The summed E-state index contributed by atoms with van der Waals surface area (Å²) in [5, 5.41) is 1.70. The number of ether oxygens (including phenoxy) is 1. The molecule has 1 atom stereocenters. The first-order chi connectivity index (χ1) is 12.2. The van der Waals surface area contributed by atoms with Gasteiger partial charge in [-0.3, -0.25) is 4.98 Å². The van der Waals surface area contributed by atoms with Crippen LogP contribution in [0.15, 0.2) is 71.6 Å². The Morgan fingerprint density at radius 2 is 1.88 bits per heavy atom. The normalized spacial score (nSPS) is 12.2. The monoisotopic (exact) mass is 350 g/mol. The van der Waals surface area contributed by atoms with Gasteiger partial charge in [-0.1, -0.05) is 23.7 Å². The van der Waals surface area contributed by atoms with Crippen LogP contribution in [0.2, 0.25) is 5.02 Å². The molecule has 2 aromatic heterocycles. The van der Waals surface area contributed by atoms with Crippen LogP contribution in [0.3, 0.4) is 0 Å². The van der Waals surface area contributed by atoms with Crippen molar-refractivity contribution in [2.24, 2.45) is 0 Å². The van der Waals surface area contributed by atoms with Crippen molar-refractivity contribution in [1.82, 2.24) is 9.97 Å². The summed E-state index contributed by atoms with van der Waals surface area (Å²) in [4.78, 5) is 8.67. The molecule has 0 aliphatic rings. The van der Waals surface area contributed by atoms with E-state index < -0.39 is 6.10 Å². The Balaban J connectivity index is 1.72. The van der Waals surface area contributed by atoms with Crippen molar-refractivity contribution in [1.29, 1.82) is 0 Å². The average molecular weight is 351 g/mol. The van der Waals surface area contributed by atoms with Crippen molar-refractivity contribution in [3.05, 3.63) is 89.2 Å². The van der Waals surface area contributed by atoms with Crippen LogP contribution in [0.1, 0.15) is 23.1 Å². The quantitative estimate of drug-likeness (QED) is 0.497. The zero-order valence-corrected chi connectivity index (χ0v) is 14.3. The van der Waals surface area contributed by atoms with Crippen LogP contribution in [0.5, 0.6) is 5.75 Å². The molecule has 0 radical (unpaired) electrons. The van der Waals surface area contributed by atoms with Crippen LogP contribution in [-0.4, -0.2) is 9.97 Å². The molecular weight excluding hydrogens is 336 g/mol. The van der Waals surface area contributed by atoms with E-state index in [1.54, 1.807) is 6.20 Å². The summed E-state index contributed by atoms with van der Waals surface area (Å²) >= 11 is 5.99. The number of hydrogen-bond donors (Lipinski definition) is 0. The van der Waals surface area contributed by atoms with Gasteiger partial charge in [-0.15, -0.1) is 0 Å². The fourth-order valence-corrected chi connectivity index (χ4v) is 2.82. The molecule has 0 aliphatic heterocycles. The van der Waals surface area contributed by atoms with Gasteiger partial charge in [0.25, 0.3) is 0 Å². The molecule has 25 heavy (non-hydrogen) atoms. The highest BCUT2D eigenvalue weighted by molar-refractivity contribution is 6.30. The van der Waals surface area contributed by atoms with Gasteiger partial charge in [0.15, 0.2) is 6.10 Å². The number of nitrogens with zero attached hydrogens (tertiary/aromatic N) is 2. The van der Waals surface area contributed by atoms with E-state index in [0.29, 0.717) is 10.9 Å². The lowest BCUT2D eigenvalue weighted by Gasteiger charge is -2.17. The highest BCUT2D eigenvalue weighted by Crippen LogP contribution is 2.30. The van der Waals surface area contributed by atoms with Crippen LogP contribution in [0.4, 0.5) is 0 Å². The fraction of sp³-hybridized carbons (Fsp3) is 0.100. The molecule has 2 heterocycles. The lowest BCUT2D eigenvalue weighted by Crippen LogP contribution is -2.09. The van der Waals surface area contributed by atoms with Gasteiger partial charge >= 0.3 is 0 Å². The van der Waals surface area contributed by atoms with Crippen LogP contribution in [-0.2, 0) is 0 Å². The van der Waals surface area contributed by atoms with Gasteiger partial charge in [0.05, 0.1) is 11.7 Å². The van der Waals surface area contributed by atoms with Gasteiger partial charge in [-0.2, -0.15) is 0 Å². The number of fused-ring (bicyclic) bond motifs is 1. The summed E-state index contributed by atoms with van der Waals surface area (Å²) in [6, 6.07) is 15.4. The van der Waals surface area contributed by atoms with E-state index in [1.807, 2.05) is 55.6 Å². The third-order valence-corrected chi connectivity index (χ3v) is 4.14. The largest absolute Gasteiger partial charge is 0.476 e. The van der Waals surface area contributed by atoms with Crippen molar-refractivity contribution in [3.63, 3.8) is 0 Å². The zero-order valence-electron chi connectivity index (χ0n) is 13.5. The van der Waals surface area contributed by atoms with Crippen LogP contribution >= 0.6 is 11.6 Å². The molecule has 5 heteroatoms. The van der Waals surface area contributed by atoms with Crippen LogP contribution < -0.4 is 4.74 Å². The molecule has 0 bridgehead atoms. The first-order valence-electron chi connectivity index (χ1n) is 7.87. The van der Waals surface area contributed by atoms with Gasteiger partial charge in [-0.05, 0) is 48.9 Å². The predicted molar refractivity (Wildman–Crippen MR) is 96.9 cm³/mol. The van der Waals surface area contributed by atoms with Crippen molar-refractivity contribution >= 4 is 22.5 Å². The maximum absolute atomic E-state index is 6.21. The van der Waals surface area contributed by atoms with Gasteiger partial charge < -0.3 is 9.15 Å². The molecule has 124 valence electrons. The molecule has 0 aliphatic carbocycles. The second-order valence-corrected chi connectivity index (χ2v) is 6.22. The van der Waals surface area contributed by atoms with E-state index >= 15 is 0 Å². The summed E-state index contributed by atoms with van der Waals surface area (Å²) in [6.07, 6.45) is 4.54. The molecular formula is C20H15ClN2O2. The van der Waals surface area contributed by atoms with E-state index in [-0.39, 0.29) is 0 Å². The molecule has 4 rings (SSSR count). The number of oxazole rings is 1. The lowest BCUT2D eigenvalue weighted by molar-refractivity contribution is 0.208. The molecule has 4 nitrogen and oxygen atoms in total. The number of rotatable bonds is 4. The van der Waals surface area contributed by atoms with E-state index in [2.05, 4.69) is 16.0 Å². The topological polar surface area (TPSA) is 48.2 Å². The third kappa shape index (κ3) is 3.35. The second kappa shape index (κ2) is 6.57. The Bertz CT molecular complexity index is 998. The van der Waals surface area contributed by atoms with E-state index in [0.717, 1.165) is 27.8 Å². The maximum atomic E-state index is 6.21. The number of benzene rings is 2. The fourth-order valence-electron chi connectivity index (χ4n) is 2.69. The minimum absolute atomic E-state index is 0.456. The summed E-state index contributed by atoms with van der Waals surface area (Å²) in [7, 11) is 0.